The zero-order chi connectivity index (χ0) is 21.0. The molecule has 0 unspecified atom stereocenters. The second-order valence-corrected chi connectivity index (χ2v) is 12.6. The highest BCUT2D eigenvalue weighted by atomic mass is 16.3. The van der Waals surface area contributed by atoms with Gasteiger partial charge in [0, 0.05) is 0 Å². The lowest BCUT2D eigenvalue weighted by Crippen LogP contribution is -2.48. The first kappa shape index (κ1) is 21.9. The SMILES string of the molecule is CC(C)[C@H](C)CC[C@@H](C)[C@@H]1CCC2=C3CC[C@H]4C[C@H](O)CC[C@]4(C)[C@@H]3CC[C@]21C. The zero-order valence-corrected chi connectivity index (χ0v) is 20.3. The van der Waals surface area contributed by atoms with E-state index in [9.17, 15) is 5.11 Å². The van der Waals surface area contributed by atoms with Crippen molar-refractivity contribution in [1.29, 1.82) is 0 Å². The quantitative estimate of drug-likeness (QED) is 0.467. The van der Waals surface area contributed by atoms with Gasteiger partial charge in [-0.3, -0.25) is 0 Å². The number of fused-ring (bicyclic) bond motifs is 4. The van der Waals surface area contributed by atoms with Gasteiger partial charge in [0.1, 0.15) is 0 Å². The van der Waals surface area contributed by atoms with E-state index in [0.717, 1.165) is 48.3 Å². The zero-order valence-electron chi connectivity index (χ0n) is 20.3. The molecule has 4 rings (SSSR count). The largest absolute Gasteiger partial charge is 0.393 e. The molecule has 0 saturated heterocycles. The van der Waals surface area contributed by atoms with E-state index < -0.39 is 0 Å². The molecule has 166 valence electrons. The molecule has 3 saturated carbocycles. The van der Waals surface area contributed by atoms with Crippen LogP contribution in [0.4, 0.5) is 0 Å². The Labute approximate surface area is 181 Å². The molecule has 0 aromatic heterocycles. The van der Waals surface area contributed by atoms with Crippen LogP contribution in [0, 0.1) is 46.3 Å². The van der Waals surface area contributed by atoms with Crippen molar-refractivity contribution < 1.29 is 5.11 Å². The van der Waals surface area contributed by atoms with Gasteiger partial charge in [0.2, 0.25) is 0 Å². The predicted molar refractivity (Wildman–Crippen MR) is 124 cm³/mol. The molecule has 0 aromatic rings. The smallest absolute Gasteiger partial charge is 0.0543 e. The molecule has 8 atom stereocenters. The molecule has 3 fully saturated rings. The second kappa shape index (κ2) is 7.99. The van der Waals surface area contributed by atoms with Crippen molar-refractivity contribution in [1.82, 2.24) is 0 Å². The van der Waals surface area contributed by atoms with E-state index in [0.29, 0.717) is 10.8 Å². The standard InChI is InChI=1S/C28H48O/c1-18(2)19(3)7-8-20(4)24-11-12-25-23-10-9-21-17-22(29)13-15-27(21,5)26(23)14-16-28(24,25)6/h18-22,24,26,29H,7-17H2,1-6H3/t19-,20-,21+,22-,24+,26-,27+,28+/m1/s1. The Hall–Kier alpha value is -0.300. The van der Waals surface area contributed by atoms with Crippen LogP contribution >= 0.6 is 0 Å². The Morgan fingerprint density at radius 3 is 2.41 bits per heavy atom. The molecule has 1 N–H and O–H groups in total. The molecular weight excluding hydrogens is 352 g/mol. The van der Waals surface area contributed by atoms with Gasteiger partial charge in [-0.2, -0.15) is 0 Å². The Balaban J connectivity index is 1.53. The lowest BCUT2D eigenvalue weighted by molar-refractivity contribution is -0.0381. The van der Waals surface area contributed by atoms with Gasteiger partial charge in [0.25, 0.3) is 0 Å². The molecule has 0 radical (unpaired) electrons. The Morgan fingerprint density at radius 2 is 1.69 bits per heavy atom. The van der Waals surface area contributed by atoms with Crippen LogP contribution in [0.2, 0.25) is 0 Å². The summed E-state index contributed by atoms with van der Waals surface area (Å²) in [4.78, 5) is 0. The summed E-state index contributed by atoms with van der Waals surface area (Å²) in [6.45, 7) is 15.0. The fourth-order valence-corrected chi connectivity index (χ4v) is 8.48. The van der Waals surface area contributed by atoms with Gasteiger partial charge in [-0.1, -0.05) is 65.5 Å². The maximum atomic E-state index is 10.3. The van der Waals surface area contributed by atoms with E-state index in [-0.39, 0.29) is 6.10 Å². The van der Waals surface area contributed by atoms with Crippen molar-refractivity contribution in [2.45, 2.75) is 118 Å². The van der Waals surface area contributed by atoms with Crippen molar-refractivity contribution in [2.75, 3.05) is 0 Å². The molecule has 0 amide bonds. The molecule has 0 bridgehead atoms. The van der Waals surface area contributed by atoms with Crippen LogP contribution in [0.3, 0.4) is 0 Å². The summed E-state index contributed by atoms with van der Waals surface area (Å²) < 4.78 is 0. The maximum Gasteiger partial charge on any atom is 0.0543 e. The third-order valence-corrected chi connectivity index (χ3v) is 10.9. The van der Waals surface area contributed by atoms with Gasteiger partial charge < -0.3 is 5.11 Å². The van der Waals surface area contributed by atoms with E-state index in [1.165, 1.54) is 57.8 Å². The van der Waals surface area contributed by atoms with E-state index in [1.54, 1.807) is 0 Å². The van der Waals surface area contributed by atoms with E-state index in [1.807, 2.05) is 11.1 Å². The summed E-state index contributed by atoms with van der Waals surface area (Å²) in [5.74, 6) is 5.04. The fourth-order valence-electron chi connectivity index (χ4n) is 8.48. The van der Waals surface area contributed by atoms with Gasteiger partial charge in [-0.15, -0.1) is 0 Å². The van der Waals surface area contributed by atoms with Crippen molar-refractivity contribution in [3.8, 4) is 0 Å². The number of hydrogen-bond acceptors (Lipinski definition) is 1. The minimum Gasteiger partial charge on any atom is -0.393 e. The molecule has 4 aliphatic rings. The minimum absolute atomic E-state index is 0.0268. The molecule has 0 aliphatic heterocycles. The normalized spacial score (nSPS) is 44.3. The molecule has 4 aliphatic carbocycles. The van der Waals surface area contributed by atoms with Crippen LogP contribution in [-0.2, 0) is 0 Å². The lowest BCUT2D eigenvalue weighted by atomic mass is 9.49. The molecule has 0 heterocycles. The van der Waals surface area contributed by atoms with Crippen LogP contribution in [-0.4, -0.2) is 11.2 Å². The van der Waals surface area contributed by atoms with Crippen molar-refractivity contribution in [2.24, 2.45) is 46.3 Å². The maximum absolute atomic E-state index is 10.3. The molecule has 0 spiro atoms. The third kappa shape index (κ3) is 3.66. The number of aliphatic hydroxyl groups excluding tert-OH is 1. The fraction of sp³-hybridized carbons (Fsp3) is 0.929. The number of aliphatic hydroxyl groups is 1. The van der Waals surface area contributed by atoms with Crippen molar-refractivity contribution in [3.05, 3.63) is 11.1 Å². The summed E-state index contributed by atoms with van der Waals surface area (Å²) in [7, 11) is 0. The first-order chi connectivity index (χ1) is 13.7. The molecule has 29 heavy (non-hydrogen) atoms. The monoisotopic (exact) mass is 400 g/mol. The summed E-state index contributed by atoms with van der Waals surface area (Å²) in [6.07, 6.45) is 14.5. The van der Waals surface area contributed by atoms with Crippen LogP contribution in [0.5, 0.6) is 0 Å². The average Bonchev–Trinajstić information content (AvgIpc) is 3.03. The molecule has 1 heteroatoms. The molecule has 1 nitrogen and oxygen atoms in total. The highest BCUT2D eigenvalue weighted by Gasteiger charge is 2.55. The highest BCUT2D eigenvalue weighted by molar-refractivity contribution is 5.34. The minimum atomic E-state index is -0.0268. The first-order valence-corrected chi connectivity index (χ1v) is 13.1. The number of rotatable bonds is 5. The molecule has 0 aromatic carbocycles. The lowest BCUT2D eigenvalue weighted by Gasteiger charge is -2.56. The van der Waals surface area contributed by atoms with Crippen molar-refractivity contribution in [3.63, 3.8) is 0 Å². The first-order valence-electron chi connectivity index (χ1n) is 13.1. The topological polar surface area (TPSA) is 20.2 Å². The Kier molecular flexibility index (Phi) is 6.04. The molecular formula is C28H48O. The van der Waals surface area contributed by atoms with Crippen LogP contribution in [0.1, 0.15) is 112 Å². The van der Waals surface area contributed by atoms with Gasteiger partial charge in [0.15, 0.2) is 0 Å². The second-order valence-electron chi connectivity index (χ2n) is 12.6. The van der Waals surface area contributed by atoms with Crippen LogP contribution in [0.15, 0.2) is 11.1 Å². The third-order valence-electron chi connectivity index (χ3n) is 10.9. The van der Waals surface area contributed by atoms with E-state index in [4.69, 9.17) is 0 Å². The highest BCUT2D eigenvalue weighted by Crippen LogP contribution is 2.65. The van der Waals surface area contributed by atoms with E-state index >= 15 is 0 Å². The number of allylic oxidation sites excluding steroid dienone is 2. The summed E-state index contributed by atoms with van der Waals surface area (Å²) in [5, 5.41) is 10.3. The summed E-state index contributed by atoms with van der Waals surface area (Å²) in [5.41, 5.74) is 4.80. The Morgan fingerprint density at radius 1 is 0.931 bits per heavy atom. The summed E-state index contributed by atoms with van der Waals surface area (Å²) >= 11 is 0. The van der Waals surface area contributed by atoms with E-state index in [2.05, 4.69) is 41.5 Å². The predicted octanol–water partition coefficient (Wildman–Crippen LogP) is 7.78. The van der Waals surface area contributed by atoms with Crippen LogP contribution in [0.25, 0.3) is 0 Å². The van der Waals surface area contributed by atoms with Gasteiger partial charge in [-0.05, 0) is 104 Å². The van der Waals surface area contributed by atoms with Crippen molar-refractivity contribution >= 4 is 0 Å². The number of hydrogen-bond donors (Lipinski definition) is 1. The Bertz CT molecular complexity index is 632. The summed E-state index contributed by atoms with van der Waals surface area (Å²) in [6, 6.07) is 0. The average molecular weight is 401 g/mol. The van der Waals surface area contributed by atoms with Gasteiger partial charge in [0.05, 0.1) is 6.10 Å². The van der Waals surface area contributed by atoms with Gasteiger partial charge >= 0.3 is 0 Å². The van der Waals surface area contributed by atoms with Crippen LogP contribution < -0.4 is 0 Å². The van der Waals surface area contributed by atoms with Gasteiger partial charge in [-0.25, -0.2) is 0 Å².